The van der Waals surface area contributed by atoms with Crippen molar-refractivity contribution in [1.29, 1.82) is 0 Å². The molecule has 1 aliphatic carbocycles. The lowest BCUT2D eigenvalue weighted by Crippen LogP contribution is -2.53. The lowest BCUT2D eigenvalue weighted by molar-refractivity contribution is -0.145. The molecule has 22 heavy (non-hydrogen) atoms. The highest BCUT2D eigenvalue weighted by Gasteiger charge is 2.58. The van der Waals surface area contributed by atoms with Gasteiger partial charge in [0.05, 0.1) is 0 Å². The van der Waals surface area contributed by atoms with Crippen LogP contribution in [0.15, 0.2) is 0 Å². The molecule has 1 aliphatic heterocycles. The Morgan fingerprint density at radius 1 is 1.45 bits per heavy atom. The maximum atomic E-state index is 11.6. The molecule has 1 saturated heterocycles. The highest BCUT2D eigenvalue weighted by molar-refractivity contribution is 7.86. The normalized spacial score (nSPS) is 35.5. The molecule has 0 aromatic carbocycles. The van der Waals surface area contributed by atoms with Gasteiger partial charge in [0.25, 0.3) is 17.1 Å². The first-order valence-electron chi connectivity index (χ1n) is 7.54. The Morgan fingerprint density at radius 3 is 2.59 bits per heavy atom. The summed E-state index contributed by atoms with van der Waals surface area (Å²) in [6.45, 7) is 1.71. The van der Waals surface area contributed by atoms with Crippen LogP contribution in [0, 0.1) is 17.8 Å². The zero-order valence-corrected chi connectivity index (χ0v) is 13.5. The van der Waals surface area contributed by atoms with E-state index in [0.29, 0.717) is 19.2 Å². The maximum absolute atomic E-state index is 11.6. The van der Waals surface area contributed by atoms with Crippen LogP contribution in [0.25, 0.3) is 0 Å². The molecule has 2 fully saturated rings. The second-order valence-corrected chi connectivity index (χ2v) is 8.27. The van der Waals surface area contributed by atoms with E-state index in [1.54, 1.807) is 6.82 Å². The molecule has 0 amide bonds. The van der Waals surface area contributed by atoms with Gasteiger partial charge in [0, 0.05) is 13.1 Å². The molecule has 0 spiro atoms. The van der Waals surface area contributed by atoms with Crippen LogP contribution in [-0.4, -0.2) is 54.4 Å². The van der Waals surface area contributed by atoms with E-state index in [4.69, 9.17) is 10.9 Å². The highest BCUT2D eigenvalue weighted by atomic mass is 32.2. The van der Waals surface area contributed by atoms with Crippen LogP contribution < -0.4 is 10.9 Å². The number of nitrogens with zero attached hydrogens (tertiary/aromatic N) is 1. The van der Waals surface area contributed by atoms with Crippen LogP contribution in [0.5, 0.6) is 0 Å². The first-order chi connectivity index (χ1) is 10.1. The van der Waals surface area contributed by atoms with E-state index in [0.717, 1.165) is 0 Å². The zero-order valence-electron chi connectivity index (χ0n) is 12.7. The fraction of sp³-hybridized carbons (Fsp3) is 0.917. The molecular weight excluding hydrogens is 309 g/mol. The SMILES string of the molecule is CB(O)CCCC1C2CN(S(N)(=O)=O)CC2CC1(N)C(=O)O. The van der Waals surface area contributed by atoms with Crippen molar-refractivity contribution in [2.24, 2.45) is 28.6 Å². The molecule has 1 saturated carbocycles. The Labute approximate surface area is 131 Å². The lowest BCUT2D eigenvalue weighted by Gasteiger charge is -2.31. The summed E-state index contributed by atoms with van der Waals surface area (Å²) < 4.78 is 24.2. The number of fused-ring (bicyclic) bond motifs is 1. The van der Waals surface area contributed by atoms with Crippen molar-refractivity contribution in [3.8, 4) is 0 Å². The van der Waals surface area contributed by atoms with E-state index >= 15 is 0 Å². The molecule has 2 aliphatic rings. The summed E-state index contributed by atoms with van der Waals surface area (Å²) >= 11 is 0. The number of carboxylic acid groups (broad SMARTS) is 1. The Hall–Kier alpha value is -0.675. The summed E-state index contributed by atoms with van der Waals surface area (Å²) in [5.41, 5.74) is 4.83. The molecule has 0 radical (unpaired) electrons. The molecule has 2 rings (SSSR count). The molecule has 8 nitrogen and oxygen atoms in total. The summed E-state index contributed by atoms with van der Waals surface area (Å²) in [6, 6.07) is 0. The van der Waals surface area contributed by atoms with Crippen LogP contribution in [0.3, 0.4) is 0 Å². The van der Waals surface area contributed by atoms with E-state index in [-0.39, 0.29) is 37.3 Å². The number of hydrogen-bond donors (Lipinski definition) is 4. The van der Waals surface area contributed by atoms with E-state index in [1.165, 1.54) is 4.31 Å². The quantitative estimate of drug-likeness (QED) is 0.455. The number of rotatable bonds is 6. The first-order valence-corrected chi connectivity index (χ1v) is 9.04. The van der Waals surface area contributed by atoms with E-state index < -0.39 is 28.6 Å². The Kier molecular flexibility index (Phi) is 4.89. The number of carbonyl (C=O) groups is 1. The van der Waals surface area contributed by atoms with Gasteiger partial charge in [-0.1, -0.05) is 13.2 Å². The van der Waals surface area contributed by atoms with Crippen LogP contribution >= 0.6 is 0 Å². The van der Waals surface area contributed by atoms with Gasteiger partial charge < -0.3 is 15.9 Å². The van der Waals surface area contributed by atoms with Crippen molar-refractivity contribution in [2.75, 3.05) is 13.1 Å². The van der Waals surface area contributed by atoms with Gasteiger partial charge in [0.1, 0.15) is 5.54 Å². The third kappa shape index (κ3) is 3.30. The molecule has 0 bridgehead atoms. The first kappa shape index (κ1) is 17.7. The highest BCUT2D eigenvalue weighted by Crippen LogP contribution is 2.49. The number of nitrogens with two attached hydrogens (primary N) is 2. The summed E-state index contributed by atoms with van der Waals surface area (Å²) in [4.78, 5) is 11.6. The molecule has 1 heterocycles. The average Bonchev–Trinajstić information content (AvgIpc) is 2.86. The van der Waals surface area contributed by atoms with E-state index in [9.17, 15) is 23.3 Å². The molecule has 0 aromatic heterocycles. The molecule has 10 heteroatoms. The van der Waals surface area contributed by atoms with Gasteiger partial charge in [0.15, 0.2) is 0 Å². The zero-order chi connectivity index (χ0) is 16.7. The van der Waals surface area contributed by atoms with Gasteiger partial charge in [-0.15, -0.1) is 0 Å². The molecule has 126 valence electrons. The minimum absolute atomic E-state index is 0.0732. The van der Waals surface area contributed by atoms with Crippen molar-refractivity contribution in [1.82, 2.24) is 4.31 Å². The third-order valence-electron chi connectivity index (χ3n) is 5.13. The Morgan fingerprint density at radius 2 is 2.09 bits per heavy atom. The summed E-state index contributed by atoms with van der Waals surface area (Å²) in [5.74, 6) is -1.50. The lowest BCUT2D eigenvalue weighted by atomic mass is 9.65. The van der Waals surface area contributed by atoms with Crippen molar-refractivity contribution in [3.05, 3.63) is 0 Å². The van der Waals surface area contributed by atoms with Crippen molar-refractivity contribution >= 4 is 23.1 Å². The summed E-state index contributed by atoms with van der Waals surface area (Å²) in [6.07, 6.45) is 2.06. The van der Waals surface area contributed by atoms with Gasteiger partial charge in [-0.25, -0.2) is 5.14 Å². The standard InChI is InChI=1S/C12H24BN3O5S/c1-13(19)4-2-3-10-9-7-16(22(15,20)21)6-8(9)5-12(10,14)11(17)18/h8-10,19H,2-7,14H2,1H3,(H,17,18)(H2,15,20,21). The Balaban J connectivity index is 2.15. The topological polar surface area (TPSA) is 147 Å². The average molecular weight is 333 g/mol. The fourth-order valence-corrected chi connectivity index (χ4v) is 4.83. The number of aliphatic carboxylic acids is 1. The number of carboxylic acids is 1. The van der Waals surface area contributed by atoms with Crippen LogP contribution in [0.1, 0.15) is 19.3 Å². The second-order valence-electron chi connectivity index (χ2n) is 6.72. The smallest absolute Gasteiger partial charge is 0.323 e. The largest absolute Gasteiger partial charge is 0.480 e. The minimum Gasteiger partial charge on any atom is -0.480 e. The molecular formula is C12H24BN3O5S. The van der Waals surface area contributed by atoms with Crippen LogP contribution in [0.2, 0.25) is 13.1 Å². The minimum atomic E-state index is -3.75. The van der Waals surface area contributed by atoms with Gasteiger partial charge in [0.2, 0.25) is 0 Å². The second kappa shape index (κ2) is 6.08. The van der Waals surface area contributed by atoms with Crippen molar-refractivity contribution in [2.45, 2.75) is 37.9 Å². The number of hydrogen-bond acceptors (Lipinski definition) is 5. The summed E-state index contributed by atoms with van der Waals surface area (Å²) in [5, 5.41) is 24.0. The van der Waals surface area contributed by atoms with Gasteiger partial charge in [-0.3, -0.25) is 4.79 Å². The third-order valence-corrected chi connectivity index (χ3v) is 6.15. The van der Waals surface area contributed by atoms with Gasteiger partial charge in [-0.2, -0.15) is 12.7 Å². The molecule has 4 unspecified atom stereocenters. The van der Waals surface area contributed by atoms with Crippen molar-refractivity contribution in [3.63, 3.8) is 0 Å². The predicted octanol–water partition coefficient (Wildman–Crippen LogP) is -1.07. The molecule has 0 aromatic rings. The predicted molar refractivity (Wildman–Crippen MR) is 82.2 cm³/mol. The fourth-order valence-electron chi connectivity index (χ4n) is 4.05. The monoisotopic (exact) mass is 333 g/mol. The van der Waals surface area contributed by atoms with Gasteiger partial charge in [-0.05, 0) is 36.9 Å². The van der Waals surface area contributed by atoms with Crippen molar-refractivity contribution < 1.29 is 23.3 Å². The maximum Gasteiger partial charge on any atom is 0.323 e. The van der Waals surface area contributed by atoms with Crippen LogP contribution in [-0.2, 0) is 15.0 Å². The van der Waals surface area contributed by atoms with E-state index in [1.807, 2.05) is 0 Å². The van der Waals surface area contributed by atoms with E-state index in [2.05, 4.69) is 0 Å². The van der Waals surface area contributed by atoms with Crippen LogP contribution in [0.4, 0.5) is 0 Å². The molecule has 6 N–H and O–H groups in total. The van der Waals surface area contributed by atoms with Gasteiger partial charge >= 0.3 is 5.97 Å². The Bertz CT molecular complexity index is 543. The summed E-state index contributed by atoms with van der Waals surface area (Å²) in [7, 11) is -3.75. The molecule has 4 atom stereocenters.